The summed E-state index contributed by atoms with van der Waals surface area (Å²) in [6.45, 7) is 1.98. The minimum atomic E-state index is -0.231. The average Bonchev–Trinajstić information content (AvgIpc) is 3.07. The first-order chi connectivity index (χ1) is 12.0. The van der Waals surface area contributed by atoms with Crippen molar-refractivity contribution >= 4 is 28.8 Å². The molecule has 0 fully saturated rings. The van der Waals surface area contributed by atoms with Crippen molar-refractivity contribution in [3.05, 3.63) is 67.6 Å². The van der Waals surface area contributed by atoms with Crippen LogP contribution in [-0.2, 0) is 17.8 Å². The van der Waals surface area contributed by atoms with Gasteiger partial charge in [-0.15, -0.1) is 11.3 Å². The molecule has 0 bridgehead atoms. The number of aromatic nitrogens is 3. The van der Waals surface area contributed by atoms with Gasteiger partial charge >= 0.3 is 0 Å². The third-order valence-electron chi connectivity index (χ3n) is 3.65. The number of aromatic amines is 1. The molecule has 2 heterocycles. The van der Waals surface area contributed by atoms with Crippen LogP contribution in [0.15, 0.2) is 40.8 Å². The largest absolute Gasteiger partial charge is 0.349 e. The van der Waals surface area contributed by atoms with Gasteiger partial charge in [-0.3, -0.25) is 9.59 Å². The third-order valence-corrected chi connectivity index (χ3v) is 4.75. The molecule has 3 aromatic rings. The zero-order valence-electron chi connectivity index (χ0n) is 13.4. The fraction of sp³-hybridized carbons (Fsp3) is 0.176. The molecule has 25 heavy (non-hydrogen) atoms. The first-order valence-corrected chi connectivity index (χ1v) is 8.79. The Bertz CT molecular complexity index is 950. The van der Waals surface area contributed by atoms with Crippen molar-refractivity contribution in [3.8, 4) is 11.3 Å². The van der Waals surface area contributed by atoms with Gasteiger partial charge in [0.1, 0.15) is 5.01 Å². The molecule has 1 aromatic carbocycles. The standard InChI is InChI=1S/C17H15ClN4O2S/c1-10-13(20-9-21-17(10)24)6-15(23)19-7-16-22-14(8-25-16)11-2-4-12(18)5-3-11/h2-5,8-9H,6-7H2,1H3,(H,19,23)(H,20,21,24). The van der Waals surface area contributed by atoms with Crippen molar-refractivity contribution in [2.24, 2.45) is 0 Å². The van der Waals surface area contributed by atoms with E-state index in [1.807, 2.05) is 29.6 Å². The lowest BCUT2D eigenvalue weighted by molar-refractivity contribution is -0.120. The minimum Gasteiger partial charge on any atom is -0.349 e. The highest BCUT2D eigenvalue weighted by atomic mass is 35.5. The van der Waals surface area contributed by atoms with Gasteiger partial charge in [-0.05, 0) is 19.1 Å². The first-order valence-electron chi connectivity index (χ1n) is 7.53. The van der Waals surface area contributed by atoms with Gasteiger partial charge in [-0.1, -0.05) is 23.7 Å². The molecule has 2 aromatic heterocycles. The van der Waals surface area contributed by atoms with E-state index < -0.39 is 0 Å². The zero-order valence-corrected chi connectivity index (χ0v) is 14.9. The second-order valence-corrected chi connectivity index (χ2v) is 6.77. The summed E-state index contributed by atoms with van der Waals surface area (Å²) in [4.78, 5) is 34.6. The van der Waals surface area contributed by atoms with Crippen LogP contribution in [0.25, 0.3) is 11.3 Å². The second-order valence-electron chi connectivity index (χ2n) is 5.39. The van der Waals surface area contributed by atoms with E-state index in [0.29, 0.717) is 22.8 Å². The number of nitrogens with zero attached hydrogens (tertiary/aromatic N) is 2. The molecule has 2 N–H and O–H groups in total. The topological polar surface area (TPSA) is 87.7 Å². The number of amides is 1. The highest BCUT2D eigenvalue weighted by Crippen LogP contribution is 2.23. The molecular formula is C17H15ClN4O2S. The fourth-order valence-electron chi connectivity index (χ4n) is 2.22. The lowest BCUT2D eigenvalue weighted by atomic mass is 10.2. The van der Waals surface area contributed by atoms with E-state index >= 15 is 0 Å². The van der Waals surface area contributed by atoms with Crippen molar-refractivity contribution in [3.63, 3.8) is 0 Å². The van der Waals surface area contributed by atoms with Crippen molar-refractivity contribution in [1.82, 2.24) is 20.3 Å². The molecule has 0 unspecified atom stereocenters. The van der Waals surface area contributed by atoms with E-state index in [4.69, 9.17) is 11.6 Å². The number of carbonyl (C=O) groups is 1. The fourth-order valence-corrected chi connectivity index (χ4v) is 3.09. The lowest BCUT2D eigenvalue weighted by Gasteiger charge is -2.04. The highest BCUT2D eigenvalue weighted by Gasteiger charge is 2.11. The number of thiazole rings is 1. The highest BCUT2D eigenvalue weighted by molar-refractivity contribution is 7.09. The van der Waals surface area contributed by atoms with E-state index in [0.717, 1.165) is 16.3 Å². The van der Waals surface area contributed by atoms with E-state index in [9.17, 15) is 9.59 Å². The van der Waals surface area contributed by atoms with Crippen LogP contribution < -0.4 is 10.9 Å². The number of hydrogen-bond donors (Lipinski definition) is 2. The van der Waals surface area contributed by atoms with Crippen molar-refractivity contribution in [2.75, 3.05) is 0 Å². The van der Waals surface area contributed by atoms with Crippen molar-refractivity contribution < 1.29 is 4.79 Å². The van der Waals surface area contributed by atoms with Gasteiger partial charge in [0.25, 0.3) is 5.56 Å². The van der Waals surface area contributed by atoms with Crippen LogP contribution in [0.4, 0.5) is 0 Å². The van der Waals surface area contributed by atoms with Crippen LogP contribution in [0.5, 0.6) is 0 Å². The predicted molar refractivity (Wildman–Crippen MR) is 97.7 cm³/mol. The van der Waals surface area contributed by atoms with Crippen LogP contribution in [0, 0.1) is 6.92 Å². The van der Waals surface area contributed by atoms with Crippen molar-refractivity contribution in [2.45, 2.75) is 19.9 Å². The quantitative estimate of drug-likeness (QED) is 0.718. The number of hydrogen-bond acceptors (Lipinski definition) is 5. The lowest BCUT2D eigenvalue weighted by Crippen LogP contribution is -2.26. The minimum absolute atomic E-state index is 0.0607. The van der Waals surface area contributed by atoms with Gasteiger partial charge in [-0.2, -0.15) is 0 Å². The van der Waals surface area contributed by atoms with Gasteiger partial charge < -0.3 is 10.3 Å². The molecule has 0 saturated heterocycles. The first kappa shape index (κ1) is 17.3. The van der Waals surface area contributed by atoms with Gasteiger partial charge in [0.15, 0.2) is 0 Å². The molecule has 128 valence electrons. The number of halogens is 1. The second kappa shape index (κ2) is 7.58. The molecule has 3 rings (SSSR count). The zero-order chi connectivity index (χ0) is 17.8. The van der Waals surface area contributed by atoms with E-state index in [1.165, 1.54) is 17.7 Å². The summed E-state index contributed by atoms with van der Waals surface area (Å²) in [5.41, 5.74) is 2.52. The smallest absolute Gasteiger partial charge is 0.253 e. The number of H-pyrrole nitrogens is 1. The maximum absolute atomic E-state index is 12.1. The summed E-state index contributed by atoms with van der Waals surface area (Å²) in [6.07, 6.45) is 1.36. The predicted octanol–water partition coefficient (Wildman–Crippen LogP) is 2.71. The number of nitrogens with one attached hydrogen (secondary N) is 2. The molecular weight excluding hydrogens is 360 g/mol. The number of carbonyl (C=O) groups excluding carboxylic acids is 1. The normalized spacial score (nSPS) is 10.6. The number of benzene rings is 1. The monoisotopic (exact) mass is 374 g/mol. The maximum Gasteiger partial charge on any atom is 0.253 e. The molecule has 0 spiro atoms. The average molecular weight is 375 g/mol. The Kier molecular flexibility index (Phi) is 5.25. The van der Waals surface area contributed by atoms with Crippen LogP contribution in [0.2, 0.25) is 5.02 Å². The molecule has 0 atom stereocenters. The van der Waals surface area contributed by atoms with Crippen LogP contribution >= 0.6 is 22.9 Å². The van der Waals surface area contributed by atoms with Gasteiger partial charge in [0.2, 0.25) is 5.91 Å². The number of rotatable bonds is 5. The Morgan fingerprint density at radius 2 is 2.08 bits per heavy atom. The molecule has 0 saturated carbocycles. The van der Waals surface area contributed by atoms with E-state index in [-0.39, 0.29) is 17.9 Å². The summed E-state index contributed by atoms with van der Waals surface area (Å²) in [6, 6.07) is 7.44. The van der Waals surface area contributed by atoms with Crippen LogP contribution in [-0.4, -0.2) is 20.9 Å². The Balaban J connectivity index is 1.60. The van der Waals surface area contributed by atoms with Gasteiger partial charge in [-0.25, -0.2) is 9.97 Å². The summed E-state index contributed by atoms with van der Waals surface area (Å²) in [7, 11) is 0. The van der Waals surface area contributed by atoms with Crippen LogP contribution in [0.1, 0.15) is 16.3 Å². The maximum atomic E-state index is 12.1. The molecule has 0 aliphatic rings. The molecule has 0 radical (unpaired) electrons. The SMILES string of the molecule is Cc1c(CC(=O)NCc2nc(-c3ccc(Cl)cc3)cs2)nc[nH]c1=O. The van der Waals surface area contributed by atoms with Crippen molar-refractivity contribution in [1.29, 1.82) is 0 Å². The molecule has 1 amide bonds. The summed E-state index contributed by atoms with van der Waals surface area (Å²) in [5.74, 6) is -0.204. The molecule has 0 aliphatic heterocycles. The summed E-state index contributed by atoms with van der Waals surface area (Å²) >= 11 is 7.36. The molecule has 6 nitrogen and oxygen atoms in total. The molecule has 8 heteroatoms. The Morgan fingerprint density at radius 3 is 2.84 bits per heavy atom. The Morgan fingerprint density at radius 1 is 1.32 bits per heavy atom. The van der Waals surface area contributed by atoms with Gasteiger partial charge in [0, 0.05) is 21.5 Å². The Labute approximate surface area is 152 Å². The summed E-state index contributed by atoms with van der Waals surface area (Å²) in [5, 5.41) is 6.22. The molecule has 0 aliphatic carbocycles. The van der Waals surface area contributed by atoms with E-state index in [2.05, 4.69) is 20.3 Å². The van der Waals surface area contributed by atoms with Gasteiger partial charge in [0.05, 0.1) is 30.7 Å². The van der Waals surface area contributed by atoms with Crippen LogP contribution in [0.3, 0.4) is 0 Å². The summed E-state index contributed by atoms with van der Waals surface area (Å²) < 4.78 is 0. The Hall–Kier alpha value is -2.51. The third kappa shape index (κ3) is 4.32. The van der Waals surface area contributed by atoms with E-state index in [1.54, 1.807) is 6.92 Å².